The lowest BCUT2D eigenvalue weighted by molar-refractivity contribution is -0.158. The molecule has 3 heterocycles. The van der Waals surface area contributed by atoms with Crippen molar-refractivity contribution in [3.63, 3.8) is 0 Å². The molecule has 9 heteroatoms. The predicted octanol–water partition coefficient (Wildman–Crippen LogP) is 3.21. The number of nitrogens with zero attached hydrogens (tertiary/aromatic N) is 4. The molecule has 0 saturated carbocycles. The first-order chi connectivity index (χ1) is 16.3. The van der Waals surface area contributed by atoms with Gasteiger partial charge in [-0.2, -0.15) is 8.78 Å². The van der Waals surface area contributed by atoms with Crippen molar-refractivity contribution in [3.05, 3.63) is 36.0 Å². The van der Waals surface area contributed by atoms with Crippen molar-refractivity contribution in [2.24, 2.45) is 5.92 Å². The van der Waals surface area contributed by atoms with Gasteiger partial charge in [0, 0.05) is 65.0 Å². The standard InChI is InChI=1S/C25H39F2N5O2/c1-20(2)18-22-19-24(28-32(22)21-4-6-23(7-5-21)34-25(3,26)27)31-12-10-29(11-13-31)8-9-30-14-16-33-17-15-30/h4-7,19-20,24,28H,8-18H2,1-3H3. The van der Waals surface area contributed by atoms with Crippen LogP contribution in [0.15, 0.2) is 36.0 Å². The fourth-order valence-corrected chi connectivity index (χ4v) is 4.76. The molecule has 0 bridgehead atoms. The summed E-state index contributed by atoms with van der Waals surface area (Å²) in [6.07, 6.45) is 0.194. The van der Waals surface area contributed by atoms with Crippen LogP contribution in [-0.4, -0.2) is 92.5 Å². The molecule has 3 aliphatic rings. The molecule has 0 amide bonds. The maximum Gasteiger partial charge on any atom is 0.394 e. The van der Waals surface area contributed by atoms with E-state index in [0.717, 1.165) is 84.6 Å². The number of alkyl halides is 2. The Bertz CT molecular complexity index is 801. The number of hydrogen-bond donors (Lipinski definition) is 1. The highest BCUT2D eigenvalue weighted by atomic mass is 19.3. The number of morpholine rings is 1. The van der Waals surface area contributed by atoms with E-state index in [4.69, 9.17) is 4.74 Å². The largest absolute Gasteiger partial charge is 0.433 e. The lowest BCUT2D eigenvalue weighted by Crippen LogP contribution is -2.55. The van der Waals surface area contributed by atoms with Crippen molar-refractivity contribution in [2.75, 3.05) is 70.6 Å². The number of hydrazine groups is 1. The van der Waals surface area contributed by atoms with E-state index < -0.39 is 6.11 Å². The lowest BCUT2D eigenvalue weighted by atomic mass is 10.1. The number of benzene rings is 1. The molecule has 1 N–H and O–H groups in total. The van der Waals surface area contributed by atoms with Gasteiger partial charge in [-0.05, 0) is 42.7 Å². The van der Waals surface area contributed by atoms with Crippen molar-refractivity contribution >= 4 is 5.69 Å². The zero-order valence-corrected chi connectivity index (χ0v) is 20.7. The highest BCUT2D eigenvalue weighted by molar-refractivity contribution is 5.54. The van der Waals surface area contributed by atoms with Crippen LogP contribution in [0.25, 0.3) is 0 Å². The molecule has 3 aliphatic heterocycles. The molecule has 190 valence electrons. The van der Waals surface area contributed by atoms with Gasteiger partial charge < -0.3 is 9.47 Å². The molecule has 0 radical (unpaired) electrons. The van der Waals surface area contributed by atoms with Crippen molar-refractivity contribution in [2.45, 2.75) is 39.5 Å². The predicted molar refractivity (Wildman–Crippen MR) is 130 cm³/mol. The average molecular weight is 480 g/mol. The van der Waals surface area contributed by atoms with E-state index in [2.05, 4.69) is 49.8 Å². The molecule has 2 saturated heterocycles. The molecule has 1 unspecified atom stereocenters. The van der Waals surface area contributed by atoms with Gasteiger partial charge in [-0.25, -0.2) is 5.43 Å². The van der Waals surface area contributed by atoms with Crippen LogP contribution in [-0.2, 0) is 4.74 Å². The Morgan fingerprint density at radius 2 is 1.62 bits per heavy atom. The van der Waals surface area contributed by atoms with Crippen LogP contribution >= 0.6 is 0 Å². The minimum Gasteiger partial charge on any atom is -0.433 e. The van der Waals surface area contributed by atoms with Crippen molar-refractivity contribution in [1.29, 1.82) is 0 Å². The molecule has 1 atom stereocenters. The quantitative estimate of drug-likeness (QED) is 0.584. The molecular formula is C25H39F2N5O2. The molecule has 0 aliphatic carbocycles. The molecular weight excluding hydrogens is 440 g/mol. The van der Waals surface area contributed by atoms with E-state index in [1.807, 2.05) is 12.1 Å². The molecule has 0 aromatic heterocycles. The topological polar surface area (TPSA) is 43.5 Å². The van der Waals surface area contributed by atoms with Crippen LogP contribution < -0.4 is 15.2 Å². The number of allylic oxidation sites excluding steroid dienone is 1. The maximum atomic E-state index is 13.2. The lowest BCUT2D eigenvalue weighted by Gasteiger charge is -2.39. The summed E-state index contributed by atoms with van der Waals surface area (Å²) < 4.78 is 36.5. The fraction of sp³-hybridized carbons (Fsp3) is 0.680. The Morgan fingerprint density at radius 3 is 2.21 bits per heavy atom. The molecule has 1 aromatic rings. The smallest absolute Gasteiger partial charge is 0.394 e. The third-order valence-electron chi connectivity index (χ3n) is 6.54. The summed E-state index contributed by atoms with van der Waals surface area (Å²) in [7, 11) is 0. The van der Waals surface area contributed by atoms with E-state index in [1.165, 1.54) is 5.70 Å². The van der Waals surface area contributed by atoms with Crippen LogP contribution in [0, 0.1) is 5.92 Å². The molecule has 4 rings (SSSR count). The summed E-state index contributed by atoms with van der Waals surface area (Å²) >= 11 is 0. The molecule has 34 heavy (non-hydrogen) atoms. The SMILES string of the molecule is CC(C)CC1=CC(N2CCN(CCN3CCOCC3)CC2)NN1c1ccc(OC(C)(F)F)cc1. The van der Waals surface area contributed by atoms with Crippen molar-refractivity contribution < 1.29 is 18.3 Å². The number of ether oxygens (including phenoxy) is 2. The van der Waals surface area contributed by atoms with Gasteiger partial charge in [-0.3, -0.25) is 19.7 Å². The zero-order valence-electron chi connectivity index (χ0n) is 20.7. The van der Waals surface area contributed by atoms with Gasteiger partial charge >= 0.3 is 6.11 Å². The van der Waals surface area contributed by atoms with Crippen LogP contribution in [0.5, 0.6) is 5.75 Å². The van der Waals surface area contributed by atoms with Gasteiger partial charge in [0.1, 0.15) is 5.75 Å². The molecule has 0 spiro atoms. The second-order valence-corrected chi connectivity index (χ2v) is 9.90. The third kappa shape index (κ3) is 7.11. The summed E-state index contributed by atoms with van der Waals surface area (Å²) in [6.45, 7) is 15.3. The average Bonchev–Trinajstić information content (AvgIpc) is 3.21. The monoisotopic (exact) mass is 479 g/mol. The number of hydrogen-bond acceptors (Lipinski definition) is 7. The summed E-state index contributed by atoms with van der Waals surface area (Å²) in [5.74, 6) is 0.669. The Morgan fingerprint density at radius 1 is 1.00 bits per heavy atom. The summed E-state index contributed by atoms with van der Waals surface area (Å²) in [4.78, 5) is 7.53. The van der Waals surface area contributed by atoms with Gasteiger partial charge in [0.2, 0.25) is 0 Å². The second kappa shape index (κ2) is 11.3. The molecule has 1 aromatic carbocycles. The summed E-state index contributed by atoms with van der Waals surface area (Å²) in [5.41, 5.74) is 5.77. The normalized spacial score (nSPS) is 23.5. The first kappa shape index (κ1) is 25.3. The summed E-state index contributed by atoms with van der Waals surface area (Å²) in [6, 6.07) is 6.85. The van der Waals surface area contributed by atoms with E-state index in [9.17, 15) is 8.78 Å². The molecule has 2 fully saturated rings. The van der Waals surface area contributed by atoms with Crippen LogP contribution in [0.4, 0.5) is 14.5 Å². The first-order valence-corrected chi connectivity index (χ1v) is 12.5. The number of nitrogens with one attached hydrogen (secondary N) is 1. The Balaban J connectivity index is 1.33. The van der Waals surface area contributed by atoms with Crippen LogP contribution in [0.2, 0.25) is 0 Å². The van der Waals surface area contributed by atoms with Crippen molar-refractivity contribution in [3.8, 4) is 5.75 Å². The summed E-state index contributed by atoms with van der Waals surface area (Å²) in [5, 5.41) is 2.10. The van der Waals surface area contributed by atoms with Gasteiger partial charge in [-0.1, -0.05) is 13.8 Å². The van der Waals surface area contributed by atoms with Gasteiger partial charge in [-0.15, -0.1) is 0 Å². The highest BCUT2D eigenvalue weighted by Gasteiger charge is 2.31. The first-order valence-electron chi connectivity index (χ1n) is 12.5. The van der Waals surface area contributed by atoms with Crippen molar-refractivity contribution in [1.82, 2.24) is 20.1 Å². The van der Waals surface area contributed by atoms with Crippen LogP contribution in [0.3, 0.4) is 0 Å². The van der Waals surface area contributed by atoms with Gasteiger partial charge in [0.15, 0.2) is 0 Å². The van der Waals surface area contributed by atoms with Crippen LogP contribution in [0.1, 0.15) is 27.2 Å². The number of halogens is 2. The van der Waals surface area contributed by atoms with E-state index in [0.29, 0.717) is 5.92 Å². The zero-order chi connectivity index (χ0) is 24.1. The van der Waals surface area contributed by atoms with Gasteiger partial charge in [0.25, 0.3) is 0 Å². The minimum absolute atomic E-state index is 0.131. The van der Waals surface area contributed by atoms with E-state index in [-0.39, 0.29) is 11.9 Å². The number of piperazine rings is 1. The Kier molecular flexibility index (Phi) is 8.42. The fourth-order valence-electron chi connectivity index (χ4n) is 4.76. The van der Waals surface area contributed by atoms with Gasteiger partial charge in [0.05, 0.1) is 25.1 Å². The Labute approximate surface area is 202 Å². The third-order valence-corrected chi connectivity index (χ3v) is 6.54. The van der Waals surface area contributed by atoms with E-state index >= 15 is 0 Å². The molecule has 7 nitrogen and oxygen atoms in total. The number of anilines is 1. The van der Waals surface area contributed by atoms with E-state index in [1.54, 1.807) is 12.1 Å². The highest BCUT2D eigenvalue weighted by Crippen LogP contribution is 2.30. The minimum atomic E-state index is -3.19. The maximum absolute atomic E-state index is 13.2. The number of rotatable bonds is 9. The Hall–Kier alpha value is -1.78. The second-order valence-electron chi connectivity index (χ2n) is 9.90.